The molecule has 0 fully saturated rings. The van der Waals surface area contributed by atoms with Crippen LogP contribution in [0.25, 0.3) is 0 Å². The largest absolute Gasteiger partial charge is 0.462 e. The second kappa shape index (κ2) is 67.8. The molecule has 0 heterocycles. The van der Waals surface area contributed by atoms with Gasteiger partial charge >= 0.3 is 17.9 Å². The number of hydrogen-bond donors (Lipinski definition) is 0. The lowest BCUT2D eigenvalue weighted by atomic mass is 10.0. The maximum atomic E-state index is 12.9. The van der Waals surface area contributed by atoms with Gasteiger partial charge in [-0.25, -0.2) is 0 Å². The van der Waals surface area contributed by atoms with Crippen LogP contribution in [0.4, 0.5) is 0 Å². The van der Waals surface area contributed by atoms with Gasteiger partial charge in [-0.15, -0.1) is 0 Å². The summed E-state index contributed by atoms with van der Waals surface area (Å²) in [5, 5.41) is 0. The van der Waals surface area contributed by atoms with Gasteiger partial charge in [0, 0.05) is 12.8 Å². The summed E-state index contributed by atoms with van der Waals surface area (Å²) in [6, 6.07) is 0. The van der Waals surface area contributed by atoms with E-state index in [1.807, 2.05) is 6.08 Å². The summed E-state index contributed by atoms with van der Waals surface area (Å²) in [6.07, 6.45) is 97.5. The molecule has 0 bridgehead atoms. The number of esters is 3. The molecule has 0 aliphatic carbocycles. The first-order valence-corrected chi connectivity index (χ1v) is 33.3. The summed E-state index contributed by atoms with van der Waals surface area (Å²) in [5.41, 5.74) is 0. The second-order valence-corrected chi connectivity index (χ2v) is 21.6. The Balaban J connectivity index is 4.42. The van der Waals surface area contributed by atoms with Gasteiger partial charge in [0.25, 0.3) is 0 Å². The first-order valence-electron chi connectivity index (χ1n) is 33.3. The molecule has 1 unspecified atom stereocenters. The maximum absolute atomic E-state index is 12.9. The van der Waals surface area contributed by atoms with Crippen molar-refractivity contribution in [3.63, 3.8) is 0 Å². The number of rotatable bonds is 59. The minimum absolute atomic E-state index is 0.117. The predicted molar refractivity (Wildman–Crippen MR) is 352 cm³/mol. The number of unbranched alkanes of at least 4 members (excludes halogenated alkanes) is 25. The van der Waals surface area contributed by atoms with E-state index in [1.165, 1.54) is 122 Å². The third-order valence-electron chi connectivity index (χ3n) is 13.8. The van der Waals surface area contributed by atoms with Gasteiger partial charge in [-0.2, -0.15) is 0 Å². The third-order valence-corrected chi connectivity index (χ3v) is 13.8. The standard InChI is InChI=1S/C75H122O6/c1-4-7-10-13-16-19-22-25-28-30-32-34-35-36-37-38-39-41-42-44-47-50-53-56-59-62-65-68-74(77)80-71-72(70-79-73(76)67-64-61-58-55-52-49-46-27-24-21-18-15-12-9-6-3)81-75(78)69-66-63-60-57-54-51-48-45-43-40-33-31-29-26-23-20-17-14-11-8-5-2/h8-9,11-12,17-18,20-22,25-27,29-30,32-33,40,45-46,48,52,55,61,64,72H,4-7,10,13-16,19,23-24,28,31,34-39,41-44,47,49-51,53-54,56-60,62-63,65-71H2,1-3H3/b11-8-,12-9-,20-17-,21-18-,25-22-,29-26-,32-30-,40-33-,46-27-,48-45-,55-52-,64-61-. The highest BCUT2D eigenvalue weighted by Crippen LogP contribution is 2.16. The maximum Gasteiger partial charge on any atom is 0.309 e. The molecule has 0 rings (SSSR count). The first kappa shape index (κ1) is 76.3. The number of carbonyl (C=O) groups is 3. The summed E-state index contributed by atoms with van der Waals surface area (Å²) in [7, 11) is 0. The van der Waals surface area contributed by atoms with E-state index in [0.29, 0.717) is 6.42 Å². The smallest absolute Gasteiger partial charge is 0.309 e. The van der Waals surface area contributed by atoms with E-state index in [2.05, 4.69) is 154 Å². The predicted octanol–water partition coefficient (Wildman–Crippen LogP) is 23.1. The quantitative estimate of drug-likeness (QED) is 0.0261. The summed E-state index contributed by atoms with van der Waals surface area (Å²) in [4.78, 5) is 38.3. The Labute approximate surface area is 499 Å². The van der Waals surface area contributed by atoms with Crippen molar-refractivity contribution in [3.05, 3.63) is 146 Å². The van der Waals surface area contributed by atoms with Crippen molar-refractivity contribution in [2.45, 2.75) is 297 Å². The Bertz CT molecular complexity index is 1760. The molecule has 6 heteroatoms. The molecule has 0 saturated carbocycles. The SMILES string of the molecule is CC/C=C\C/C=C\C/C=C\C/C=C\C/C=C\CCCCCCCC(=O)OC(COC(=O)C/C=C\C/C=C\C/C=C\C/C=C\C/C=C\CC)COC(=O)CCCCCCCCCCCCCCCCC/C=C\C/C=C\CCCCCCC. The van der Waals surface area contributed by atoms with E-state index in [9.17, 15) is 14.4 Å². The van der Waals surface area contributed by atoms with Gasteiger partial charge in [0.2, 0.25) is 0 Å². The van der Waals surface area contributed by atoms with Gasteiger partial charge in [0.05, 0.1) is 6.42 Å². The van der Waals surface area contributed by atoms with Gasteiger partial charge in [-0.05, 0) is 122 Å². The average Bonchev–Trinajstić information content (AvgIpc) is 3.47. The van der Waals surface area contributed by atoms with Crippen LogP contribution < -0.4 is 0 Å². The van der Waals surface area contributed by atoms with E-state index >= 15 is 0 Å². The normalized spacial score (nSPS) is 13.1. The van der Waals surface area contributed by atoms with Crippen molar-refractivity contribution in [2.24, 2.45) is 0 Å². The minimum Gasteiger partial charge on any atom is -0.462 e. The van der Waals surface area contributed by atoms with Crippen LogP contribution >= 0.6 is 0 Å². The van der Waals surface area contributed by atoms with E-state index in [4.69, 9.17) is 14.2 Å². The molecule has 1 atom stereocenters. The number of hydrogen-bond acceptors (Lipinski definition) is 6. The third kappa shape index (κ3) is 66.0. The zero-order chi connectivity index (χ0) is 58.5. The second-order valence-electron chi connectivity index (χ2n) is 21.6. The molecule has 6 nitrogen and oxygen atoms in total. The van der Waals surface area contributed by atoms with E-state index in [-0.39, 0.29) is 38.0 Å². The van der Waals surface area contributed by atoms with Crippen molar-refractivity contribution in [1.82, 2.24) is 0 Å². The minimum atomic E-state index is -0.836. The molecule has 0 aromatic rings. The van der Waals surface area contributed by atoms with Crippen molar-refractivity contribution in [2.75, 3.05) is 13.2 Å². The molecule has 0 amide bonds. The fourth-order valence-electron chi connectivity index (χ4n) is 8.93. The van der Waals surface area contributed by atoms with E-state index in [0.717, 1.165) is 128 Å². The lowest BCUT2D eigenvalue weighted by Gasteiger charge is -2.18. The molecule has 0 saturated heterocycles. The molecule has 458 valence electrons. The Hall–Kier alpha value is -4.71. The van der Waals surface area contributed by atoms with Gasteiger partial charge in [0.15, 0.2) is 6.10 Å². The van der Waals surface area contributed by atoms with Crippen molar-refractivity contribution >= 4 is 17.9 Å². The topological polar surface area (TPSA) is 78.9 Å². The van der Waals surface area contributed by atoms with Crippen molar-refractivity contribution in [3.8, 4) is 0 Å². The fraction of sp³-hybridized carbons (Fsp3) is 0.640. The zero-order valence-electron chi connectivity index (χ0n) is 52.5. The molecule has 0 aliphatic heterocycles. The summed E-state index contributed by atoms with van der Waals surface area (Å²) >= 11 is 0. The van der Waals surface area contributed by atoms with Crippen LogP contribution in [0.5, 0.6) is 0 Å². The first-order chi connectivity index (χ1) is 40.0. The van der Waals surface area contributed by atoms with E-state index in [1.54, 1.807) is 6.08 Å². The average molecular weight is 1120 g/mol. The monoisotopic (exact) mass is 1120 g/mol. The highest BCUT2D eigenvalue weighted by molar-refractivity contribution is 5.72. The summed E-state index contributed by atoms with van der Waals surface area (Å²) < 4.78 is 16.8. The lowest BCUT2D eigenvalue weighted by Crippen LogP contribution is -2.30. The molecule has 0 N–H and O–H groups in total. The van der Waals surface area contributed by atoms with Crippen LogP contribution in [-0.4, -0.2) is 37.2 Å². The van der Waals surface area contributed by atoms with Crippen molar-refractivity contribution in [1.29, 1.82) is 0 Å². The highest BCUT2D eigenvalue weighted by Gasteiger charge is 2.19. The van der Waals surface area contributed by atoms with Crippen molar-refractivity contribution < 1.29 is 28.6 Å². The molecular weight excluding hydrogens is 997 g/mol. The van der Waals surface area contributed by atoms with Gasteiger partial charge in [0.1, 0.15) is 13.2 Å². The number of carbonyl (C=O) groups excluding carboxylic acids is 3. The Morgan fingerprint density at radius 2 is 0.531 bits per heavy atom. The van der Waals surface area contributed by atoms with Crippen LogP contribution in [0.15, 0.2) is 146 Å². The van der Waals surface area contributed by atoms with Crippen LogP contribution in [0.3, 0.4) is 0 Å². The van der Waals surface area contributed by atoms with Crippen LogP contribution in [-0.2, 0) is 28.6 Å². The summed E-state index contributed by atoms with van der Waals surface area (Å²) in [5.74, 6) is -1.07. The lowest BCUT2D eigenvalue weighted by molar-refractivity contribution is -0.166. The zero-order valence-corrected chi connectivity index (χ0v) is 52.5. The Morgan fingerprint density at radius 1 is 0.272 bits per heavy atom. The number of ether oxygens (including phenoxy) is 3. The van der Waals surface area contributed by atoms with Gasteiger partial charge < -0.3 is 14.2 Å². The molecule has 0 spiro atoms. The Morgan fingerprint density at radius 3 is 0.864 bits per heavy atom. The van der Waals surface area contributed by atoms with Gasteiger partial charge in [-0.3, -0.25) is 14.4 Å². The van der Waals surface area contributed by atoms with Crippen LogP contribution in [0.1, 0.15) is 290 Å². The molecule has 81 heavy (non-hydrogen) atoms. The fourth-order valence-corrected chi connectivity index (χ4v) is 8.93. The Kier molecular flexibility index (Phi) is 63.9. The van der Waals surface area contributed by atoms with Crippen LogP contribution in [0, 0.1) is 0 Å². The molecular formula is C75H122O6. The number of allylic oxidation sites excluding steroid dienone is 23. The van der Waals surface area contributed by atoms with Gasteiger partial charge in [-0.1, -0.05) is 295 Å². The molecule has 0 aliphatic rings. The highest BCUT2D eigenvalue weighted by atomic mass is 16.6. The molecule has 0 aromatic heterocycles. The molecule has 0 aromatic carbocycles. The molecule has 0 radical (unpaired) electrons. The van der Waals surface area contributed by atoms with Crippen LogP contribution in [0.2, 0.25) is 0 Å². The summed E-state index contributed by atoms with van der Waals surface area (Å²) in [6.45, 7) is 6.31. The van der Waals surface area contributed by atoms with E-state index < -0.39 is 12.1 Å².